The van der Waals surface area contributed by atoms with Crippen LogP contribution >= 0.6 is 11.6 Å². The van der Waals surface area contributed by atoms with Crippen LogP contribution in [-0.4, -0.2) is 30.4 Å². The van der Waals surface area contributed by atoms with Gasteiger partial charge in [-0.15, -0.1) is 0 Å². The molecule has 0 aliphatic heterocycles. The Bertz CT molecular complexity index is 1670. The zero-order valence-corrected chi connectivity index (χ0v) is 22.5. The number of aromatic nitrogens is 2. The van der Waals surface area contributed by atoms with E-state index in [0.29, 0.717) is 29.0 Å². The smallest absolute Gasteiger partial charge is 0.352 e. The van der Waals surface area contributed by atoms with Crippen LogP contribution in [0, 0.1) is 6.92 Å². The first-order valence-corrected chi connectivity index (χ1v) is 13.6. The summed E-state index contributed by atoms with van der Waals surface area (Å²) in [5.74, 6) is -0.204. The Balaban J connectivity index is 1.55. The molecule has 0 saturated carbocycles. The number of amides is 1. The van der Waals surface area contributed by atoms with Crippen LogP contribution in [0.4, 0.5) is 13.2 Å². The van der Waals surface area contributed by atoms with Gasteiger partial charge in [0.25, 0.3) is 5.91 Å². The van der Waals surface area contributed by atoms with E-state index in [1.165, 1.54) is 18.2 Å². The standard InChI is InChI=1S/C26H25ClF3N5O3S/c1-14-3-8-23(39(32,37)38)18(11-14)25(36)33-10-9-16-4-6-17(7-5-16)35-22-13-20(27)19(26(28,29)30)12-21(22)34-24(35)15(2)31/h3-8,11-13,15H,9-10,31H2,1-2H3,(H,33,36)(H2,32,37,38). The lowest BCUT2D eigenvalue weighted by Crippen LogP contribution is -2.28. The molecule has 13 heteroatoms. The maximum Gasteiger partial charge on any atom is 0.417 e. The molecule has 4 aromatic rings. The van der Waals surface area contributed by atoms with Gasteiger partial charge >= 0.3 is 6.18 Å². The average molecular weight is 580 g/mol. The molecule has 1 unspecified atom stereocenters. The maximum absolute atomic E-state index is 13.3. The lowest BCUT2D eigenvalue weighted by atomic mass is 10.1. The van der Waals surface area contributed by atoms with Crippen molar-refractivity contribution in [1.82, 2.24) is 14.9 Å². The molecule has 39 heavy (non-hydrogen) atoms. The molecule has 1 atom stereocenters. The van der Waals surface area contributed by atoms with Crippen molar-refractivity contribution in [2.24, 2.45) is 10.9 Å². The van der Waals surface area contributed by atoms with E-state index in [1.54, 1.807) is 48.7 Å². The number of rotatable bonds is 7. The van der Waals surface area contributed by atoms with Gasteiger partial charge in [-0.1, -0.05) is 35.4 Å². The number of nitrogens with one attached hydrogen (secondary N) is 1. The highest BCUT2D eigenvalue weighted by Crippen LogP contribution is 2.38. The van der Waals surface area contributed by atoms with Gasteiger partial charge in [-0.3, -0.25) is 9.36 Å². The molecule has 0 aliphatic carbocycles. The molecule has 0 aliphatic rings. The molecule has 3 aromatic carbocycles. The number of hydrogen-bond acceptors (Lipinski definition) is 5. The minimum atomic E-state index is -4.62. The molecule has 0 spiro atoms. The first kappa shape index (κ1) is 28.6. The van der Waals surface area contributed by atoms with Crippen molar-refractivity contribution in [3.63, 3.8) is 0 Å². The van der Waals surface area contributed by atoms with Crippen molar-refractivity contribution >= 4 is 38.6 Å². The van der Waals surface area contributed by atoms with E-state index < -0.39 is 38.7 Å². The summed E-state index contributed by atoms with van der Waals surface area (Å²) in [6.07, 6.45) is -4.20. The number of carbonyl (C=O) groups is 1. The first-order chi connectivity index (χ1) is 18.2. The summed E-state index contributed by atoms with van der Waals surface area (Å²) >= 11 is 5.96. The topological polar surface area (TPSA) is 133 Å². The lowest BCUT2D eigenvalue weighted by Gasteiger charge is -2.14. The van der Waals surface area contributed by atoms with Gasteiger partial charge < -0.3 is 11.1 Å². The number of fused-ring (bicyclic) bond motifs is 1. The molecule has 1 aromatic heterocycles. The Labute approximate surface area is 227 Å². The van der Waals surface area contributed by atoms with Gasteiger partial charge in [-0.2, -0.15) is 13.2 Å². The molecule has 4 rings (SSSR count). The first-order valence-electron chi connectivity index (χ1n) is 11.7. The van der Waals surface area contributed by atoms with Gasteiger partial charge in [0.15, 0.2) is 0 Å². The van der Waals surface area contributed by atoms with Crippen molar-refractivity contribution in [3.05, 3.63) is 87.7 Å². The van der Waals surface area contributed by atoms with E-state index >= 15 is 0 Å². The predicted molar refractivity (Wildman–Crippen MR) is 142 cm³/mol. The Hall–Kier alpha value is -3.45. The number of benzene rings is 3. The number of aryl methyl sites for hydroxylation is 1. The van der Waals surface area contributed by atoms with Crippen molar-refractivity contribution in [2.75, 3.05) is 6.54 Å². The van der Waals surface area contributed by atoms with E-state index in [9.17, 15) is 26.4 Å². The summed E-state index contributed by atoms with van der Waals surface area (Å²) in [6.45, 7) is 3.62. The van der Waals surface area contributed by atoms with Gasteiger partial charge in [0, 0.05) is 12.2 Å². The highest BCUT2D eigenvalue weighted by Gasteiger charge is 2.34. The van der Waals surface area contributed by atoms with Crippen molar-refractivity contribution < 1.29 is 26.4 Å². The Morgan fingerprint density at radius 1 is 1.13 bits per heavy atom. The third kappa shape index (κ3) is 6.09. The Morgan fingerprint density at radius 2 is 1.79 bits per heavy atom. The van der Waals surface area contributed by atoms with Crippen molar-refractivity contribution in [3.8, 4) is 5.69 Å². The molecule has 0 saturated heterocycles. The molecule has 0 fully saturated rings. The minimum Gasteiger partial charge on any atom is -0.352 e. The molecular formula is C26H25ClF3N5O3S. The molecule has 1 heterocycles. The van der Waals surface area contributed by atoms with Gasteiger partial charge in [0.2, 0.25) is 10.0 Å². The van der Waals surface area contributed by atoms with E-state index in [1.807, 2.05) is 0 Å². The van der Waals surface area contributed by atoms with Gasteiger partial charge in [-0.05, 0) is 62.2 Å². The van der Waals surface area contributed by atoms with Gasteiger partial charge in [0.05, 0.1) is 38.1 Å². The van der Waals surface area contributed by atoms with E-state index in [2.05, 4.69) is 10.3 Å². The highest BCUT2D eigenvalue weighted by molar-refractivity contribution is 7.89. The zero-order chi connectivity index (χ0) is 28.7. The second kappa shape index (κ2) is 10.6. The van der Waals surface area contributed by atoms with Gasteiger partial charge in [-0.25, -0.2) is 18.5 Å². The van der Waals surface area contributed by atoms with E-state index in [4.69, 9.17) is 22.5 Å². The Morgan fingerprint density at radius 3 is 2.38 bits per heavy atom. The summed E-state index contributed by atoms with van der Waals surface area (Å²) in [5, 5.41) is 7.50. The van der Waals surface area contributed by atoms with Crippen LogP contribution in [0.5, 0.6) is 0 Å². The summed E-state index contributed by atoms with van der Waals surface area (Å²) in [7, 11) is -4.08. The third-order valence-electron chi connectivity index (χ3n) is 6.06. The quantitative estimate of drug-likeness (QED) is 0.293. The predicted octanol–water partition coefficient (Wildman–Crippen LogP) is 4.65. The number of hydrogen-bond donors (Lipinski definition) is 3. The SMILES string of the molecule is Cc1ccc(S(N)(=O)=O)c(C(=O)NCCc2ccc(-n3c(C(C)N)nc4cc(C(F)(F)F)c(Cl)cc43)cc2)c1. The third-order valence-corrected chi connectivity index (χ3v) is 7.34. The zero-order valence-electron chi connectivity index (χ0n) is 20.9. The van der Waals surface area contributed by atoms with Crippen LogP contribution in [0.15, 0.2) is 59.5 Å². The number of sulfonamides is 1. The van der Waals surface area contributed by atoms with E-state index in [-0.39, 0.29) is 22.5 Å². The molecule has 0 radical (unpaired) electrons. The number of nitrogens with zero attached hydrogens (tertiary/aromatic N) is 2. The van der Waals surface area contributed by atoms with Crippen LogP contribution in [0.3, 0.4) is 0 Å². The number of halogens is 4. The fourth-order valence-corrected chi connectivity index (χ4v) is 5.19. The number of carbonyl (C=O) groups excluding carboxylic acids is 1. The fraction of sp³-hybridized carbons (Fsp3) is 0.231. The minimum absolute atomic E-state index is 0.0318. The monoisotopic (exact) mass is 579 g/mol. The van der Waals surface area contributed by atoms with Crippen LogP contribution in [0.2, 0.25) is 5.02 Å². The maximum atomic E-state index is 13.3. The van der Waals surface area contributed by atoms with Gasteiger partial charge in [0.1, 0.15) is 5.82 Å². The summed E-state index contributed by atoms with van der Waals surface area (Å²) in [4.78, 5) is 16.7. The summed E-state index contributed by atoms with van der Waals surface area (Å²) in [6, 6.07) is 13.0. The van der Waals surface area contributed by atoms with Crippen LogP contribution < -0.4 is 16.2 Å². The normalized spacial score (nSPS) is 13.0. The average Bonchev–Trinajstić information content (AvgIpc) is 3.21. The van der Waals surface area contributed by atoms with Crippen molar-refractivity contribution in [1.29, 1.82) is 0 Å². The molecule has 5 N–H and O–H groups in total. The van der Waals surface area contributed by atoms with Crippen LogP contribution in [0.25, 0.3) is 16.7 Å². The molecule has 206 valence electrons. The second-order valence-corrected chi connectivity index (χ2v) is 11.1. The second-order valence-electron chi connectivity index (χ2n) is 9.13. The number of primary sulfonamides is 1. The van der Waals surface area contributed by atoms with Crippen LogP contribution in [0.1, 0.15) is 45.8 Å². The Kier molecular flexibility index (Phi) is 7.77. The molecule has 1 amide bonds. The lowest BCUT2D eigenvalue weighted by molar-refractivity contribution is -0.137. The van der Waals surface area contributed by atoms with E-state index in [0.717, 1.165) is 11.6 Å². The molecular weight excluding hydrogens is 555 g/mol. The summed E-state index contributed by atoms with van der Waals surface area (Å²) in [5.41, 5.74) is 7.72. The molecule has 0 bridgehead atoms. The molecule has 8 nitrogen and oxygen atoms in total. The number of alkyl halides is 3. The number of imidazole rings is 1. The number of nitrogens with two attached hydrogens (primary N) is 2. The largest absolute Gasteiger partial charge is 0.417 e. The highest BCUT2D eigenvalue weighted by atomic mass is 35.5. The van der Waals surface area contributed by atoms with Crippen LogP contribution in [-0.2, 0) is 22.6 Å². The fourth-order valence-electron chi connectivity index (χ4n) is 4.21. The summed E-state index contributed by atoms with van der Waals surface area (Å²) < 4.78 is 65.4. The van der Waals surface area contributed by atoms with Crippen molar-refractivity contribution in [2.45, 2.75) is 37.4 Å².